The number of nitrogens with zero attached hydrogens (tertiary/aromatic N) is 4. The third kappa shape index (κ3) is 27.7. The molecular formula is C72H82N6O24. The molecule has 4 N–H and O–H groups in total. The highest BCUT2D eigenvalue weighted by atomic mass is 16.7. The summed E-state index contributed by atoms with van der Waals surface area (Å²) in [5.74, 6) is 5.67. The molecule has 2 unspecified atom stereocenters. The van der Waals surface area contributed by atoms with Crippen LogP contribution in [0.5, 0.6) is 0 Å². The number of para-hydroxylation sites is 2. The molecule has 4 aliphatic rings. The van der Waals surface area contributed by atoms with Crippen LogP contribution in [-0.2, 0) is 118 Å². The molecule has 4 heterocycles. The molecule has 0 radical (unpaired) electrons. The van der Waals surface area contributed by atoms with Crippen molar-refractivity contribution in [3.05, 3.63) is 130 Å². The maximum Gasteiger partial charge on any atom is 0.335 e. The Morgan fingerprint density at radius 1 is 0.382 bits per heavy atom. The number of carbonyl (C=O) groups is 12. The van der Waals surface area contributed by atoms with Gasteiger partial charge < -0.3 is 78.2 Å². The van der Waals surface area contributed by atoms with Crippen LogP contribution in [0.1, 0.15) is 110 Å². The summed E-state index contributed by atoms with van der Waals surface area (Å²) < 4.78 is 44.1. The summed E-state index contributed by atoms with van der Waals surface area (Å²) in [6.07, 6.45) is -2.10. The molecule has 8 rings (SSSR count). The molecule has 4 aliphatic heterocycles. The Bertz CT molecular complexity index is 3680. The highest BCUT2D eigenvalue weighted by Gasteiger charge is 2.34. The standard InChI is InChI=1S/C40H44N4O14.C32H38N2O10/c45-33(11-12-34(46)42-26-30-7-2-1-5-28(30)9-10-29-6-3-4-8-32(29)42)41-25-31(56-24-23-54-20-18-40(52)58-44-37(49)15-16-38(44)50)27-55-22-21-53-19-17-39(51)57-43-35(47)13-14-36(43)48;35-29(33-21-27(44-20-19-42-16-14-32(39)40)23-43-18-17-41-15-13-31(37)38)11-12-30(36)34-22-26-7-2-1-5-24(26)9-10-25-6-3-4-8-28(25)34/h1-8,31H,11-27H2,(H,41,45);1-8,27H,11-23H2,(H,33,35)(H,37,38)(H,39,40). The summed E-state index contributed by atoms with van der Waals surface area (Å²) in [6.45, 7) is 1.86. The Morgan fingerprint density at radius 2 is 0.706 bits per heavy atom. The third-order valence-electron chi connectivity index (χ3n) is 15.3. The fourth-order valence-electron chi connectivity index (χ4n) is 9.95. The molecular weight excluding hydrogens is 1330 g/mol. The first kappa shape index (κ1) is 79.1. The van der Waals surface area contributed by atoms with Crippen LogP contribution in [0.15, 0.2) is 97.1 Å². The number of ether oxygens (including phenoxy) is 8. The van der Waals surface area contributed by atoms with Gasteiger partial charge in [-0.05, 0) is 47.5 Å². The smallest absolute Gasteiger partial charge is 0.335 e. The van der Waals surface area contributed by atoms with E-state index in [1.165, 1.54) is 0 Å². The molecule has 544 valence electrons. The fourth-order valence-corrected chi connectivity index (χ4v) is 9.95. The topological polar surface area (TPSA) is 375 Å². The van der Waals surface area contributed by atoms with Gasteiger partial charge in [-0.1, -0.05) is 84.3 Å². The number of nitrogens with one attached hydrogen (secondary N) is 2. The van der Waals surface area contributed by atoms with Gasteiger partial charge in [-0.3, -0.25) is 47.9 Å². The van der Waals surface area contributed by atoms with Gasteiger partial charge in [-0.2, -0.15) is 0 Å². The maximum atomic E-state index is 13.6. The number of anilines is 2. The fraction of sp³-hybridized carbons (Fsp3) is 0.444. The summed E-state index contributed by atoms with van der Waals surface area (Å²) in [5.41, 5.74) is 6.29. The quantitative estimate of drug-likeness (QED) is 0.0280. The van der Waals surface area contributed by atoms with E-state index in [-0.39, 0.29) is 206 Å². The van der Waals surface area contributed by atoms with Gasteiger partial charge in [-0.25, -0.2) is 9.59 Å². The van der Waals surface area contributed by atoms with E-state index in [4.69, 9.17) is 57.8 Å². The number of imide groups is 2. The second kappa shape index (κ2) is 43.4. The van der Waals surface area contributed by atoms with E-state index in [0.717, 1.165) is 27.8 Å². The normalized spacial score (nSPS) is 14.0. The molecule has 4 aromatic rings. The Balaban J connectivity index is 0.000000297. The van der Waals surface area contributed by atoms with E-state index in [1.807, 2.05) is 97.1 Å². The lowest BCUT2D eigenvalue weighted by Gasteiger charge is -2.26. The van der Waals surface area contributed by atoms with Crippen molar-refractivity contribution in [1.82, 2.24) is 20.8 Å². The number of rotatable bonds is 42. The van der Waals surface area contributed by atoms with Crippen molar-refractivity contribution in [3.8, 4) is 23.7 Å². The zero-order valence-electron chi connectivity index (χ0n) is 56.3. The molecule has 2 fully saturated rings. The van der Waals surface area contributed by atoms with Gasteiger partial charge in [0, 0.05) is 86.7 Å². The van der Waals surface area contributed by atoms with Crippen LogP contribution in [0.3, 0.4) is 0 Å². The predicted octanol–water partition coefficient (Wildman–Crippen LogP) is 3.47. The summed E-state index contributed by atoms with van der Waals surface area (Å²) in [7, 11) is 0. The first-order chi connectivity index (χ1) is 49.4. The molecule has 30 heteroatoms. The molecule has 0 bridgehead atoms. The number of hydrogen-bond donors (Lipinski definition) is 4. The van der Waals surface area contributed by atoms with Crippen LogP contribution in [0.25, 0.3) is 0 Å². The number of fused-ring (bicyclic) bond motifs is 4. The first-order valence-corrected chi connectivity index (χ1v) is 33.2. The number of carboxylic acids is 2. The summed E-state index contributed by atoms with van der Waals surface area (Å²) >= 11 is 0. The van der Waals surface area contributed by atoms with E-state index >= 15 is 0 Å². The van der Waals surface area contributed by atoms with Crippen molar-refractivity contribution < 1.29 is 115 Å². The molecule has 0 spiro atoms. The van der Waals surface area contributed by atoms with Gasteiger partial charge in [0.1, 0.15) is 0 Å². The Labute approximate surface area is 588 Å². The van der Waals surface area contributed by atoms with E-state index < -0.39 is 59.7 Å². The van der Waals surface area contributed by atoms with Crippen LogP contribution in [-0.4, -0.2) is 209 Å². The predicted molar refractivity (Wildman–Crippen MR) is 357 cm³/mol. The van der Waals surface area contributed by atoms with Crippen LogP contribution in [0, 0.1) is 23.7 Å². The number of hydrogen-bond acceptors (Lipinski definition) is 22. The molecule has 0 saturated carbocycles. The van der Waals surface area contributed by atoms with E-state index in [1.54, 1.807) is 9.80 Å². The average molecular weight is 1420 g/mol. The summed E-state index contributed by atoms with van der Waals surface area (Å²) in [5, 5.41) is 23.9. The monoisotopic (exact) mass is 1410 g/mol. The van der Waals surface area contributed by atoms with Crippen LogP contribution in [0.4, 0.5) is 11.4 Å². The van der Waals surface area contributed by atoms with Crippen LogP contribution >= 0.6 is 0 Å². The van der Waals surface area contributed by atoms with Crippen molar-refractivity contribution in [2.45, 2.75) is 102 Å². The van der Waals surface area contributed by atoms with Gasteiger partial charge in [0.15, 0.2) is 0 Å². The first-order valence-electron chi connectivity index (χ1n) is 33.2. The van der Waals surface area contributed by atoms with Crippen molar-refractivity contribution >= 4 is 82.5 Å². The second-order valence-electron chi connectivity index (χ2n) is 22.9. The average Bonchev–Trinajstić information content (AvgIpc) is 1.14. The number of carboxylic acid groups (broad SMARTS) is 2. The Hall–Kier alpha value is -10.3. The van der Waals surface area contributed by atoms with Crippen LogP contribution in [0.2, 0.25) is 0 Å². The number of aliphatic carboxylic acids is 2. The largest absolute Gasteiger partial charge is 0.481 e. The molecule has 4 aromatic carbocycles. The van der Waals surface area contributed by atoms with E-state index in [2.05, 4.69) is 34.3 Å². The maximum absolute atomic E-state index is 13.6. The van der Waals surface area contributed by atoms with Crippen molar-refractivity contribution in [1.29, 1.82) is 0 Å². The van der Waals surface area contributed by atoms with Gasteiger partial charge in [-0.15, -0.1) is 10.1 Å². The second-order valence-corrected chi connectivity index (χ2v) is 22.9. The molecule has 8 amide bonds. The highest BCUT2D eigenvalue weighted by Crippen LogP contribution is 2.28. The van der Waals surface area contributed by atoms with Crippen LogP contribution < -0.4 is 20.4 Å². The Morgan fingerprint density at radius 3 is 1.09 bits per heavy atom. The molecule has 30 nitrogen and oxygen atoms in total. The van der Waals surface area contributed by atoms with Crippen molar-refractivity contribution in [2.24, 2.45) is 0 Å². The molecule has 0 aromatic heterocycles. The summed E-state index contributed by atoms with van der Waals surface area (Å²) in [6, 6.07) is 30.0. The molecule has 2 saturated heterocycles. The number of amides is 8. The third-order valence-corrected chi connectivity index (χ3v) is 15.3. The van der Waals surface area contributed by atoms with Crippen molar-refractivity contribution in [3.63, 3.8) is 0 Å². The molecule has 2 atom stereocenters. The van der Waals surface area contributed by atoms with Crippen molar-refractivity contribution in [2.75, 3.05) is 115 Å². The minimum Gasteiger partial charge on any atom is -0.481 e. The molecule has 102 heavy (non-hydrogen) atoms. The molecule has 0 aliphatic carbocycles. The number of carbonyl (C=O) groups excluding carboxylic acids is 10. The zero-order chi connectivity index (χ0) is 72.9. The lowest BCUT2D eigenvalue weighted by molar-refractivity contribution is -0.198. The lowest BCUT2D eigenvalue weighted by atomic mass is 10.0. The zero-order valence-corrected chi connectivity index (χ0v) is 56.3. The van der Waals surface area contributed by atoms with Gasteiger partial charge >= 0.3 is 23.9 Å². The minimum atomic E-state index is -0.960. The van der Waals surface area contributed by atoms with Gasteiger partial charge in [0.2, 0.25) is 23.6 Å². The van der Waals surface area contributed by atoms with Gasteiger partial charge in [0.25, 0.3) is 23.6 Å². The Kier molecular flexibility index (Phi) is 33.6. The minimum absolute atomic E-state index is 0.00902. The SMILES string of the molecule is O=C(CCC(=O)N1Cc2ccccc2C#Cc2ccccc21)NCC(COCCOCCC(=O)ON1C(=O)CCC1=O)OCCOCCC(=O)ON1C(=O)CCC1=O.O=C(O)CCOCCOCC(CNC(=O)CCC(=O)N1Cc2ccccc2C#Cc2ccccc21)OCCOCCC(=O)O. The van der Waals surface area contributed by atoms with E-state index in [0.29, 0.717) is 40.2 Å². The van der Waals surface area contributed by atoms with E-state index in [9.17, 15) is 57.5 Å². The summed E-state index contributed by atoms with van der Waals surface area (Å²) in [4.78, 5) is 157. The lowest BCUT2D eigenvalue weighted by Crippen LogP contribution is -2.38. The number of benzene rings is 4. The number of hydroxylamine groups is 4. The highest BCUT2D eigenvalue weighted by molar-refractivity contribution is 6.02. The van der Waals surface area contributed by atoms with Gasteiger partial charge in [0.05, 0.1) is 155 Å².